The maximum Gasteiger partial charge on any atom is 0.573 e. The molecule has 1 aliphatic rings. The zero-order valence-corrected chi connectivity index (χ0v) is 23.0. The van der Waals surface area contributed by atoms with Crippen molar-refractivity contribution in [2.75, 3.05) is 5.75 Å². The summed E-state index contributed by atoms with van der Waals surface area (Å²) in [6, 6.07) is 12.5. The summed E-state index contributed by atoms with van der Waals surface area (Å²) in [5, 5.41) is 0.210. The molecule has 1 aliphatic heterocycles. The molecule has 0 aliphatic carbocycles. The van der Waals surface area contributed by atoms with E-state index in [1.54, 1.807) is 30.3 Å². The van der Waals surface area contributed by atoms with Gasteiger partial charge in [0.15, 0.2) is 11.6 Å². The summed E-state index contributed by atoms with van der Waals surface area (Å²) < 4.78 is 116. The number of ether oxygens (including phenoxy) is 1. The second-order valence-electron chi connectivity index (χ2n) is 9.88. The Labute approximate surface area is 244 Å². The third-order valence-corrected chi connectivity index (χ3v) is 8.52. The van der Waals surface area contributed by atoms with Crippen LogP contribution >= 0.6 is 11.8 Å². The second-order valence-corrected chi connectivity index (χ2v) is 10.9. The van der Waals surface area contributed by atoms with Crippen LogP contribution in [0.15, 0.2) is 76.6 Å². The van der Waals surface area contributed by atoms with Gasteiger partial charge in [0.2, 0.25) is 0 Å². The van der Waals surface area contributed by atoms with Gasteiger partial charge in [-0.1, -0.05) is 48.5 Å². The molecule has 5 rings (SSSR count). The summed E-state index contributed by atoms with van der Waals surface area (Å²) >= 11 is 1.12. The molecule has 3 aromatic carbocycles. The van der Waals surface area contributed by atoms with Crippen LogP contribution < -0.4 is 16.0 Å². The summed E-state index contributed by atoms with van der Waals surface area (Å²) in [7, 11) is 0. The van der Waals surface area contributed by atoms with E-state index in [9.17, 15) is 35.5 Å². The van der Waals surface area contributed by atoms with Crippen molar-refractivity contribution in [2.45, 2.75) is 43.0 Å². The number of alkyl halides is 6. The normalized spacial score (nSPS) is 15.8. The standard InChI is InChI=1S/C30H22F8N2O2S/c1-15-18(13-19-20(29(33,34)35)10-6-11-21(19)31)28-40(22(14-43-28)26(39)16-7-3-2-4-8-16)27(41)24(15)17-9-5-12-23(25(17)32)42-30(36,37)38/h2-12,22,26H,13-14,39H2,1H3. The van der Waals surface area contributed by atoms with Gasteiger partial charge in [-0.25, -0.2) is 8.78 Å². The third-order valence-electron chi connectivity index (χ3n) is 7.29. The quantitative estimate of drug-likeness (QED) is 0.221. The lowest BCUT2D eigenvalue weighted by Crippen LogP contribution is -2.33. The number of hydrogen-bond acceptors (Lipinski definition) is 4. The zero-order valence-electron chi connectivity index (χ0n) is 22.2. The van der Waals surface area contributed by atoms with Crippen LogP contribution in [0.25, 0.3) is 11.1 Å². The van der Waals surface area contributed by atoms with Crippen molar-refractivity contribution >= 4 is 11.8 Å². The Hall–Kier alpha value is -3.84. The fourth-order valence-corrected chi connectivity index (χ4v) is 6.74. The van der Waals surface area contributed by atoms with Gasteiger partial charge in [0.05, 0.1) is 28.2 Å². The maximum atomic E-state index is 15.6. The summed E-state index contributed by atoms with van der Waals surface area (Å²) in [5.74, 6) is -3.64. The lowest BCUT2D eigenvalue weighted by Gasteiger charge is -2.25. The number of fused-ring (bicyclic) bond motifs is 1. The molecule has 2 heterocycles. The first kappa shape index (κ1) is 30.6. The fourth-order valence-electron chi connectivity index (χ4n) is 5.30. The van der Waals surface area contributed by atoms with Crippen molar-refractivity contribution < 1.29 is 39.9 Å². The number of aromatic nitrogens is 1. The highest BCUT2D eigenvalue weighted by Gasteiger charge is 2.39. The maximum absolute atomic E-state index is 15.6. The van der Waals surface area contributed by atoms with Gasteiger partial charge >= 0.3 is 12.5 Å². The van der Waals surface area contributed by atoms with Gasteiger partial charge in [-0.3, -0.25) is 9.36 Å². The minimum absolute atomic E-state index is 0.0166. The number of pyridine rings is 1. The Morgan fingerprint density at radius 1 is 0.953 bits per heavy atom. The molecular weight excluding hydrogens is 604 g/mol. The molecule has 2 unspecified atom stereocenters. The largest absolute Gasteiger partial charge is 0.573 e. The Morgan fingerprint density at radius 2 is 1.63 bits per heavy atom. The minimum atomic E-state index is -5.24. The van der Waals surface area contributed by atoms with Crippen molar-refractivity contribution in [3.63, 3.8) is 0 Å². The molecule has 226 valence electrons. The molecule has 43 heavy (non-hydrogen) atoms. The van der Waals surface area contributed by atoms with Gasteiger partial charge < -0.3 is 10.5 Å². The zero-order chi connectivity index (χ0) is 31.3. The van der Waals surface area contributed by atoms with Crippen molar-refractivity contribution in [2.24, 2.45) is 5.73 Å². The lowest BCUT2D eigenvalue weighted by atomic mass is 9.91. The monoisotopic (exact) mass is 626 g/mol. The van der Waals surface area contributed by atoms with Crippen LogP contribution in [0.2, 0.25) is 0 Å². The molecular formula is C30H22F8N2O2S. The second kappa shape index (κ2) is 11.3. The van der Waals surface area contributed by atoms with Crippen LogP contribution in [-0.4, -0.2) is 16.7 Å². The topological polar surface area (TPSA) is 57.2 Å². The lowest BCUT2D eigenvalue weighted by molar-refractivity contribution is -0.275. The van der Waals surface area contributed by atoms with Crippen molar-refractivity contribution in [1.29, 1.82) is 0 Å². The van der Waals surface area contributed by atoms with Crippen LogP contribution in [0.3, 0.4) is 0 Å². The van der Waals surface area contributed by atoms with Gasteiger partial charge in [0.25, 0.3) is 5.56 Å². The Balaban J connectivity index is 1.78. The molecule has 2 atom stereocenters. The molecule has 2 N–H and O–H groups in total. The van der Waals surface area contributed by atoms with E-state index in [2.05, 4.69) is 4.74 Å². The van der Waals surface area contributed by atoms with Crippen molar-refractivity contribution in [3.8, 4) is 16.9 Å². The smallest absolute Gasteiger partial charge is 0.403 e. The molecule has 4 nitrogen and oxygen atoms in total. The molecule has 0 bridgehead atoms. The van der Waals surface area contributed by atoms with E-state index < -0.39 is 76.2 Å². The Morgan fingerprint density at radius 3 is 2.28 bits per heavy atom. The van der Waals surface area contributed by atoms with Gasteiger partial charge in [-0.05, 0) is 41.8 Å². The molecule has 0 saturated carbocycles. The molecule has 0 radical (unpaired) electrons. The third kappa shape index (κ3) is 5.87. The van der Waals surface area contributed by atoms with E-state index in [4.69, 9.17) is 5.73 Å². The summed E-state index contributed by atoms with van der Waals surface area (Å²) in [4.78, 5) is 14.1. The Kier molecular flexibility index (Phi) is 8.07. The molecule has 0 amide bonds. The molecule has 4 aromatic rings. The minimum Gasteiger partial charge on any atom is -0.403 e. The Bertz CT molecular complexity index is 1740. The fraction of sp³-hybridized carbons (Fsp3) is 0.233. The van der Waals surface area contributed by atoms with E-state index in [0.717, 1.165) is 48.2 Å². The number of hydrogen-bond donors (Lipinski definition) is 1. The number of rotatable bonds is 6. The van der Waals surface area contributed by atoms with Crippen LogP contribution in [0.5, 0.6) is 5.75 Å². The number of nitrogens with zero attached hydrogens (tertiary/aromatic N) is 1. The van der Waals surface area contributed by atoms with E-state index in [1.807, 2.05) is 0 Å². The van der Waals surface area contributed by atoms with Gasteiger partial charge in [0.1, 0.15) is 5.82 Å². The van der Waals surface area contributed by atoms with Crippen LogP contribution in [-0.2, 0) is 12.6 Å². The predicted molar refractivity (Wildman–Crippen MR) is 145 cm³/mol. The summed E-state index contributed by atoms with van der Waals surface area (Å²) in [6.45, 7) is 1.34. The molecule has 1 aromatic heterocycles. The van der Waals surface area contributed by atoms with Crippen LogP contribution in [0.1, 0.15) is 39.9 Å². The highest BCUT2D eigenvalue weighted by atomic mass is 32.2. The van der Waals surface area contributed by atoms with E-state index in [1.165, 1.54) is 11.5 Å². The highest BCUT2D eigenvalue weighted by Crippen LogP contribution is 2.45. The first-order chi connectivity index (χ1) is 20.2. The van der Waals surface area contributed by atoms with Crippen LogP contribution in [0.4, 0.5) is 35.1 Å². The molecule has 13 heteroatoms. The van der Waals surface area contributed by atoms with Crippen LogP contribution in [0, 0.1) is 18.6 Å². The van der Waals surface area contributed by atoms with E-state index in [0.29, 0.717) is 5.56 Å². The predicted octanol–water partition coefficient (Wildman–Crippen LogP) is 7.96. The summed E-state index contributed by atoms with van der Waals surface area (Å²) in [6.07, 6.45) is -10.8. The van der Waals surface area contributed by atoms with Gasteiger partial charge in [0, 0.05) is 23.3 Å². The van der Waals surface area contributed by atoms with Crippen molar-refractivity contribution in [1.82, 2.24) is 4.57 Å². The first-order valence-corrected chi connectivity index (χ1v) is 13.8. The summed E-state index contributed by atoms with van der Waals surface area (Å²) in [5.41, 5.74) is 3.54. The highest BCUT2D eigenvalue weighted by molar-refractivity contribution is 7.99. The van der Waals surface area contributed by atoms with E-state index in [-0.39, 0.29) is 21.9 Å². The molecule has 0 spiro atoms. The van der Waals surface area contributed by atoms with E-state index >= 15 is 4.39 Å². The SMILES string of the molecule is Cc1c(Cc2c(F)cccc2C(F)(F)F)c2n(c(=O)c1-c1cccc(OC(F)(F)F)c1F)C(C(N)c1ccccc1)CS2. The van der Waals surface area contributed by atoms with Crippen molar-refractivity contribution in [3.05, 3.63) is 117 Å². The molecule has 0 saturated heterocycles. The molecule has 0 fully saturated rings. The van der Waals surface area contributed by atoms with Gasteiger partial charge in [-0.15, -0.1) is 24.9 Å². The number of nitrogens with two attached hydrogens (primary N) is 1. The average molecular weight is 627 g/mol. The average Bonchev–Trinajstić information content (AvgIpc) is 3.38. The number of halogens is 8. The van der Waals surface area contributed by atoms with Gasteiger partial charge in [-0.2, -0.15) is 13.2 Å². The number of benzene rings is 3. The first-order valence-electron chi connectivity index (χ1n) is 12.8. The number of thioether (sulfide) groups is 1.